The number of benzene rings is 2. The van der Waals surface area contributed by atoms with E-state index in [1.54, 1.807) is 15.3 Å². The number of carbonyl (C=O) groups is 1. The van der Waals surface area contributed by atoms with Crippen LogP contribution < -0.4 is 4.90 Å². The van der Waals surface area contributed by atoms with Gasteiger partial charge in [-0.05, 0) is 61.8 Å². The molecular weight excluding hydrogens is 464 g/mol. The van der Waals surface area contributed by atoms with Gasteiger partial charge in [0.05, 0.1) is 5.69 Å². The van der Waals surface area contributed by atoms with Gasteiger partial charge in [0.25, 0.3) is 0 Å². The topological polar surface area (TPSA) is 57.7 Å². The highest BCUT2D eigenvalue weighted by Crippen LogP contribution is 2.41. The Hall–Kier alpha value is -1.70. The Bertz CT molecular complexity index is 1050. The quantitative estimate of drug-likeness (QED) is 0.638. The van der Waals surface area contributed by atoms with E-state index < -0.39 is 10.0 Å². The Morgan fingerprint density at radius 2 is 1.80 bits per heavy atom. The van der Waals surface area contributed by atoms with Gasteiger partial charge in [-0.2, -0.15) is 4.31 Å². The first-order chi connectivity index (χ1) is 14.3. The average Bonchev–Trinajstić information content (AvgIpc) is 3.04. The van der Waals surface area contributed by atoms with E-state index in [1.165, 1.54) is 12.5 Å². The van der Waals surface area contributed by atoms with Crippen molar-refractivity contribution in [3.8, 4) is 0 Å². The first kappa shape index (κ1) is 21.5. The predicted molar refractivity (Wildman–Crippen MR) is 122 cm³/mol. The molecular formula is C23H27BrN2O3S. The molecule has 4 rings (SSSR count). The third-order valence-electron chi connectivity index (χ3n) is 6.21. The largest absolute Gasteiger partial charge is 0.308 e. The lowest BCUT2D eigenvalue weighted by Gasteiger charge is -2.32. The zero-order valence-corrected chi connectivity index (χ0v) is 19.7. The van der Waals surface area contributed by atoms with Crippen molar-refractivity contribution in [2.75, 3.05) is 18.0 Å². The van der Waals surface area contributed by atoms with Gasteiger partial charge in [0.1, 0.15) is 4.90 Å². The molecule has 1 fully saturated rings. The standard InChI is InChI=1S/C23H27BrN2O3S/c1-16-12-20-14-21(24)15-22(23(20)26(16)17(2)27)30(28,29)25-10-8-19(9-11-25)13-18-6-4-3-5-7-18/h3-7,14-16,19H,8-13H2,1-2H3. The number of carbonyl (C=O) groups excluding carboxylic acids is 1. The Kier molecular flexibility index (Phi) is 6.06. The second-order valence-electron chi connectivity index (χ2n) is 8.39. The zero-order chi connectivity index (χ0) is 21.5. The zero-order valence-electron chi connectivity index (χ0n) is 17.3. The van der Waals surface area contributed by atoms with E-state index in [2.05, 4.69) is 28.1 Å². The fraction of sp³-hybridized carbons (Fsp3) is 0.435. The Morgan fingerprint density at radius 1 is 1.13 bits per heavy atom. The first-order valence-electron chi connectivity index (χ1n) is 10.4. The molecule has 0 aromatic heterocycles. The fourth-order valence-electron chi connectivity index (χ4n) is 4.79. The van der Waals surface area contributed by atoms with Crippen LogP contribution in [0.4, 0.5) is 5.69 Å². The van der Waals surface area contributed by atoms with Gasteiger partial charge in [0, 0.05) is 30.5 Å². The number of halogens is 1. The van der Waals surface area contributed by atoms with E-state index in [9.17, 15) is 13.2 Å². The van der Waals surface area contributed by atoms with E-state index in [0.717, 1.165) is 29.3 Å². The summed E-state index contributed by atoms with van der Waals surface area (Å²) in [6, 6.07) is 13.9. The minimum Gasteiger partial charge on any atom is -0.308 e. The van der Waals surface area contributed by atoms with Gasteiger partial charge >= 0.3 is 0 Å². The average molecular weight is 491 g/mol. The van der Waals surface area contributed by atoms with Crippen molar-refractivity contribution in [2.45, 2.75) is 50.5 Å². The Morgan fingerprint density at radius 3 is 2.43 bits per heavy atom. The number of sulfonamides is 1. The molecule has 1 saturated heterocycles. The summed E-state index contributed by atoms with van der Waals surface area (Å²) in [6.45, 7) is 4.48. The van der Waals surface area contributed by atoms with Gasteiger partial charge < -0.3 is 4.90 Å². The van der Waals surface area contributed by atoms with Crippen LogP contribution in [0.3, 0.4) is 0 Å². The third kappa shape index (κ3) is 4.07. The summed E-state index contributed by atoms with van der Waals surface area (Å²) in [5, 5.41) is 0. The summed E-state index contributed by atoms with van der Waals surface area (Å²) in [7, 11) is -3.69. The lowest BCUT2D eigenvalue weighted by atomic mass is 9.91. The SMILES string of the molecule is CC(=O)N1c2c(cc(Br)cc2S(=O)(=O)N2CCC(Cc3ccccc3)CC2)CC1C. The second-order valence-corrected chi connectivity index (χ2v) is 11.2. The van der Waals surface area contributed by atoms with Crippen LogP contribution in [0.5, 0.6) is 0 Å². The van der Waals surface area contributed by atoms with Crippen molar-refractivity contribution < 1.29 is 13.2 Å². The van der Waals surface area contributed by atoms with Gasteiger partial charge in [-0.1, -0.05) is 46.3 Å². The normalized spacial score (nSPS) is 20.4. The molecule has 1 atom stereocenters. The van der Waals surface area contributed by atoms with Crippen molar-refractivity contribution in [2.24, 2.45) is 5.92 Å². The van der Waals surface area contributed by atoms with Crippen molar-refractivity contribution in [3.05, 3.63) is 58.1 Å². The molecule has 0 bridgehead atoms. The van der Waals surface area contributed by atoms with E-state index in [0.29, 0.717) is 31.1 Å². The number of rotatable bonds is 4. The number of nitrogens with zero attached hydrogens (tertiary/aromatic N) is 2. The van der Waals surface area contributed by atoms with Crippen LogP contribution in [0.2, 0.25) is 0 Å². The van der Waals surface area contributed by atoms with Gasteiger partial charge in [0.2, 0.25) is 15.9 Å². The summed E-state index contributed by atoms with van der Waals surface area (Å²) >= 11 is 3.47. The van der Waals surface area contributed by atoms with Crippen LogP contribution in [0.15, 0.2) is 51.8 Å². The summed E-state index contributed by atoms with van der Waals surface area (Å²) < 4.78 is 29.5. The van der Waals surface area contributed by atoms with Crippen LogP contribution in [-0.4, -0.2) is 37.8 Å². The Labute approximate surface area is 187 Å². The number of fused-ring (bicyclic) bond motifs is 1. The van der Waals surface area contributed by atoms with E-state index in [4.69, 9.17) is 0 Å². The van der Waals surface area contributed by atoms with Crippen molar-refractivity contribution in [1.82, 2.24) is 4.31 Å². The second kappa shape index (κ2) is 8.44. The third-order valence-corrected chi connectivity index (χ3v) is 8.58. The molecule has 0 aliphatic carbocycles. The number of hydrogen-bond acceptors (Lipinski definition) is 3. The van der Waals surface area contributed by atoms with E-state index in [1.807, 2.05) is 31.2 Å². The number of piperidine rings is 1. The molecule has 0 radical (unpaired) electrons. The molecule has 0 N–H and O–H groups in total. The molecule has 7 heteroatoms. The van der Waals surface area contributed by atoms with Crippen LogP contribution in [0.25, 0.3) is 0 Å². The molecule has 1 amide bonds. The Balaban J connectivity index is 1.58. The van der Waals surface area contributed by atoms with Gasteiger partial charge in [-0.3, -0.25) is 4.79 Å². The summed E-state index contributed by atoms with van der Waals surface area (Å²) in [4.78, 5) is 14.2. The first-order valence-corrected chi connectivity index (χ1v) is 12.7. The van der Waals surface area contributed by atoms with Crippen LogP contribution in [-0.2, 0) is 27.7 Å². The predicted octanol–water partition coefficient (Wildman–Crippen LogP) is 4.39. The number of amides is 1. The molecule has 2 aromatic carbocycles. The van der Waals surface area contributed by atoms with E-state index in [-0.39, 0.29) is 16.8 Å². The van der Waals surface area contributed by atoms with Crippen molar-refractivity contribution in [3.63, 3.8) is 0 Å². The van der Waals surface area contributed by atoms with Crippen LogP contribution >= 0.6 is 15.9 Å². The minimum atomic E-state index is -3.69. The summed E-state index contributed by atoms with van der Waals surface area (Å²) in [5.41, 5.74) is 2.77. The number of anilines is 1. The molecule has 2 aliphatic rings. The maximum absolute atomic E-state index is 13.6. The molecule has 0 saturated carbocycles. The lowest BCUT2D eigenvalue weighted by Crippen LogP contribution is -2.40. The molecule has 2 heterocycles. The maximum atomic E-state index is 13.6. The summed E-state index contributed by atoms with van der Waals surface area (Å²) in [5.74, 6) is 0.363. The van der Waals surface area contributed by atoms with Crippen molar-refractivity contribution >= 4 is 37.5 Å². The van der Waals surface area contributed by atoms with Crippen LogP contribution in [0.1, 0.15) is 37.8 Å². The molecule has 5 nitrogen and oxygen atoms in total. The van der Waals surface area contributed by atoms with Crippen LogP contribution in [0, 0.1) is 5.92 Å². The molecule has 30 heavy (non-hydrogen) atoms. The number of hydrogen-bond donors (Lipinski definition) is 0. The highest BCUT2D eigenvalue weighted by atomic mass is 79.9. The molecule has 160 valence electrons. The van der Waals surface area contributed by atoms with E-state index >= 15 is 0 Å². The van der Waals surface area contributed by atoms with Gasteiger partial charge in [-0.15, -0.1) is 0 Å². The molecule has 0 spiro atoms. The molecule has 1 unspecified atom stereocenters. The monoisotopic (exact) mass is 490 g/mol. The van der Waals surface area contributed by atoms with Gasteiger partial charge in [-0.25, -0.2) is 8.42 Å². The highest BCUT2D eigenvalue weighted by Gasteiger charge is 2.38. The molecule has 2 aromatic rings. The van der Waals surface area contributed by atoms with Crippen molar-refractivity contribution in [1.29, 1.82) is 0 Å². The minimum absolute atomic E-state index is 0.0441. The lowest BCUT2D eigenvalue weighted by molar-refractivity contribution is -0.116. The maximum Gasteiger partial charge on any atom is 0.245 e. The fourth-order valence-corrected chi connectivity index (χ4v) is 7.17. The molecule has 2 aliphatic heterocycles. The smallest absolute Gasteiger partial charge is 0.245 e. The highest BCUT2D eigenvalue weighted by molar-refractivity contribution is 9.10. The summed E-state index contributed by atoms with van der Waals surface area (Å²) in [6.07, 6.45) is 3.33. The van der Waals surface area contributed by atoms with Gasteiger partial charge in [0.15, 0.2) is 0 Å².